The SMILES string of the molecule is C=C(Nc1cccnc1N)c1cccs1.Cc1nc(C)c(-c2c(C)nc3ccccn23)s1. The van der Waals surface area contributed by atoms with E-state index in [9.17, 15) is 0 Å². The highest BCUT2D eigenvalue weighted by Gasteiger charge is 2.15. The molecule has 0 fully saturated rings. The number of fused-ring (bicyclic) bond motifs is 1. The number of thiophene rings is 1. The fraction of sp³-hybridized carbons (Fsp3) is 0.125. The van der Waals surface area contributed by atoms with Crippen LogP contribution in [-0.4, -0.2) is 19.4 Å². The summed E-state index contributed by atoms with van der Waals surface area (Å²) in [6.45, 7) is 10.1. The molecule has 32 heavy (non-hydrogen) atoms. The Balaban J connectivity index is 0.000000155. The molecule has 6 nitrogen and oxygen atoms in total. The van der Waals surface area contributed by atoms with Crippen molar-refractivity contribution in [3.63, 3.8) is 0 Å². The average molecular weight is 461 g/mol. The zero-order valence-electron chi connectivity index (χ0n) is 18.2. The van der Waals surface area contributed by atoms with Gasteiger partial charge in [0.2, 0.25) is 0 Å². The van der Waals surface area contributed by atoms with Gasteiger partial charge in [-0.1, -0.05) is 18.7 Å². The topological polar surface area (TPSA) is 81.1 Å². The van der Waals surface area contributed by atoms with E-state index in [1.807, 2.05) is 54.8 Å². The molecule has 0 saturated carbocycles. The number of nitrogens with zero attached hydrogens (tertiary/aromatic N) is 4. The predicted molar refractivity (Wildman–Crippen MR) is 136 cm³/mol. The molecule has 5 aromatic rings. The van der Waals surface area contributed by atoms with Gasteiger partial charge in [0.05, 0.1) is 32.7 Å². The molecule has 5 rings (SSSR count). The molecular formula is C24H24N6S2. The molecule has 0 saturated heterocycles. The van der Waals surface area contributed by atoms with Crippen LogP contribution < -0.4 is 11.1 Å². The van der Waals surface area contributed by atoms with E-state index in [0.29, 0.717) is 5.82 Å². The van der Waals surface area contributed by atoms with Crippen LogP contribution in [-0.2, 0) is 0 Å². The summed E-state index contributed by atoms with van der Waals surface area (Å²) in [5.74, 6) is 0.482. The first kappa shape index (κ1) is 21.7. The van der Waals surface area contributed by atoms with Crippen molar-refractivity contribution < 1.29 is 0 Å². The molecule has 0 spiro atoms. The number of imidazole rings is 1. The van der Waals surface area contributed by atoms with Gasteiger partial charge in [0.15, 0.2) is 0 Å². The van der Waals surface area contributed by atoms with Crippen LogP contribution in [0.15, 0.2) is 66.8 Å². The van der Waals surface area contributed by atoms with E-state index in [1.165, 1.54) is 10.6 Å². The number of nitrogens with one attached hydrogen (secondary N) is 1. The number of pyridine rings is 2. The fourth-order valence-corrected chi connectivity index (χ4v) is 5.00. The third-order valence-electron chi connectivity index (χ3n) is 4.77. The molecule has 0 amide bonds. The number of anilines is 2. The van der Waals surface area contributed by atoms with E-state index in [2.05, 4.69) is 51.3 Å². The Morgan fingerprint density at radius 3 is 2.56 bits per heavy atom. The van der Waals surface area contributed by atoms with E-state index in [-0.39, 0.29) is 0 Å². The summed E-state index contributed by atoms with van der Waals surface area (Å²) >= 11 is 3.36. The largest absolute Gasteiger partial charge is 0.382 e. The van der Waals surface area contributed by atoms with Crippen LogP contribution in [0.1, 0.15) is 21.3 Å². The van der Waals surface area contributed by atoms with Crippen molar-refractivity contribution in [3.8, 4) is 10.6 Å². The van der Waals surface area contributed by atoms with Crippen molar-refractivity contribution in [2.45, 2.75) is 20.8 Å². The summed E-state index contributed by atoms with van der Waals surface area (Å²) in [7, 11) is 0. The first-order chi connectivity index (χ1) is 15.4. The van der Waals surface area contributed by atoms with Crippen LogP contribution in [0, 0.1) is 20.8 Å². The molecule has 0 aromatic carbocycles. The Morgan fingerprint density at radius 2 is 1.88 bits per heavy atom. The molecule has 0 unspecified atom stereocenters. The Kier molecular flexibility index (Phi) is 6.34. The minimum atomic E-state index is 0.482. The molecule has 5 heterocycles. The summed E-state index contributed by atoms with van der Waals surface area (Å²) in [6, 6.07) is 13.8. The smallest absolute Gasteiger partial charge is 0.147 e. The van der Waals surface area contributed by atoms with Crippen LogP contribution in [0.3, 0.4) is 0 Å². The fourth-order valence-electron chi connectivity index (χ4n) is 3.34. The lowest BCUT2D eigenvalue weighted by atomic mass is 10.2. The van der Waals surface area contributed by atoms with E-state index >= 15 is 0 Å². The Bertz CT molecular complexity index is 1360. The summed E-state index contributed by atoms with van der Waals surface area (Å²) in [5, 5.41) is 6.25. The first-order valence-corrected chi connectivity index (χ1v) is 11.7. The van der Waals surface area contributed by atoms with E-state index < -0.39 is 0 Å². The average Bonchev–Trinajstić information content (AvgIpc) is 3.48. The maximum atomic E-state index is 5.71. The molecule has 162 valence electrons. The number of thiazole rings is 1. The Hall–Kier alpha value is -3.49. The monoisotopic (exact) mass is 460 g/mol. The van der Waals surface area contributed by atoms with Gasteiger partial charge in [0.1, 0.15) is 11.5 Å². The number of nitrogens with two attached hydrogens (primary N) is 1. The summed E-state index contributed by atoms with van der Waals surface area (Å²) < 4.78 is 2.13. The van der Waals surface area contributed by atoms with E-state index in [4.69, 9.17) is 5.73 Å². The molecule has 0 atom stereocenters. The van der Waals surface area contributed by atoms with Gasteiger partial charge >= 0.3 is 0 Å². The maximum Gasteiger partial charge on any atom is 0.147 e. The van der Waals surface area contributed by atoms with Gasteiger partial charge in [-0.3, -0.25) is 4.40 Å². The third-order valence-corrected chi connectivity index (χ3v) is 6.77. The van der Waals surface area contributed by atoms with Crippen molar-refractivity contribution in [2.24, 2.45) is 0 Å². The molecular weight excluding hydrogens is 436 g/mol. The Labute approximate surface area is 195 Å². The summed E-state index contributed by atoms with van der Waals surface area (Å²) in [4.78, 5) is 15.4. The lowest BCUT2D eigenvalue weighted by molar-refractivity contribution is 1.16. The number of hydrogen-bond donors (Lipinski definition) is 2. The molecule has 0 aliphatic heterocycles. The molecule has 0 bridgehead atoms. The molecule has 5 aromatic heterocycles. The standard InChI is InChI=1S/C13H13N3S.C11H11N3S/c1-8-12(13-9(2)14-10(3)17-13)16-7-5-4-6-11(16)15-8;1-8(10-5-3-7-15-10)14-9-4-2-6-13-11(9)12/h4-7H,1-3H3;2-7,14H,1H2,(H2,12,13). The van der Waals surface area contributed by atoms with Gasteiger partial charge in [0.25, 0.3) is 0 Å². The quantitative estimate of drug-likeness (QED) is 0.334. The highest BCUT2D eigenvalue weighted by Crippen LogP contribution is 2.32. The number of nitrogen functional groups attached to an aromatic ring is 1. The predicted octanol–water partition coefficient (Wildman–Crippen LogP) is 6.19. The second-order valence-corrected chi connectivity index (χ2v) is 9.29. The number of rotatable bonds is 4. The zero-order valence-corrected chi connectivity index (χ0v) is 19.8. The second-order valence-electron chi connectivity index (χ2n) is 7.14. The number of aromatic nitrogens is 4. The lowest BCUT2D eigenvalue weighted by Gasteiger charge is -2.08. The second kappa shape index (κ2) is 9.33. The Morgan fingerprint density at radius 1 is 1.03 bits per heavy atom. The molecule has 0 aliphatic rings. The van der Waals surface area contributed by atoms with Crippen LogP contribution in [0.2, 0.25) is 0 Å². The highest BCUT2D eigenvalue weighted by atomic mass is 32.1. The van der Waals surface area contributed by atoms with Crippen molar-refractivity contribution in [1.29, 1.82) is 0 Å². The number of aryl methyl sites for hydroxylation is 3. The van der Waals surface area contributed by atoms with Crippen molar-refractivity contribution >= 4 is 45.5 Å². The summed E-state index contributed by atoms with van der Waals surface area (Å²) in [5.41, 5.74) is 11.6. The van der Waals surface area contributed by atoms with Gasteiger partial charge in [-0.05, 0) is 56.5 Å². The maximum absolute atomic E-state index is 5.71. The normalized spacial score (nSPS) is 10.6. The van der Waals surface area contributed by atoms with E-state index in [0.717, 1.165) is 38.3 Å². The van der Waals surface area contributed by atoms with Gasteiger partial charge in [-0.15, -0.1) is 22.7 Å². The van der Waals surface area contributed by atoms with Crippen LogP contribution in [0.25, 0.3) is 21.9 Å². The van der Waals surface area contributed by atoms with Gasteiger partial charge < -0.3 is 11.1 Å². The van der Waals surface area contributed by atoms with Gasteiger partial charge in [0, 0.05) is 23.0 Å². The van der Waals surface area contributed by atoms with Crippen LogP contribution >= 0.6 is 22.7 Å². The van der Waals surface area contributed by atoms with E-state index in [1.54, 1.807) is 28.9 Å². The van der Waals surface area contributed by atoms with Crippen molar-refractivity contribution in [2.75, 3.05) is 11.1 Å². The minimum Gasteiger partial charge on any atom is -0.382 e. The van der Waals surface area contributed by atoms with Crippen molar-refractivity contribution in [3.05, 3.63) is 88.1 Å². The summed E-state index contributed by atoms with van der Waals surface area (Å²) in [6.07, 6.45) is 3.72. The van der Waals surface area contributed by atoms with Crippen LogP contribution in [0.5, 0.6) is 0 Å². The van der Waals surface area contributed by atoms with Crippen LogP contribution in [0.4, 0.5) is 11.5 Å². The molecule has 3 N–H and O–H groups in total. The molecule has 0 radical (unpaired) electrons. The van der Waals surface area contributed by atoms with Crippen molar-refractivity contribution in [1.82, 2.24) is 19.4 Å². The zero-order chi connectivity index (χ0) is 22.7. The lowest BCUT2D eigenvalue weighted by Crippen LogP contribution is -2.00. The highest BCUT2D eigenvalue weighted by molar-refractivity contribution is 7.15. The van der Waals surface area contributed by atoms with Gasteiger partial charge in [-0.25, -0.2) is 15.0 Å². The minimum absolute atomic E-state index is 0.482. The molecule has 0 aliphatic carbocycles. The first-order valence-electron chi connectivity index (χ1n) is 10.0. The van der Waals surface area contributed by atoms with Gasteiger partial charge in [-0.2, -0.15) is 0 Å². The number of hydrogen-bond acceptors (Lipinski definition) is 7. The molecule has 8 heteroatoms. The third kappa shape index (κ3) is 4.56.